The van der Waals surface area contributed by atoms with E-state index >= 15 is 0 Å². The van der Waals surface area contributed by atoms with Gasteiger partial charge in [0, 0.05) is 43.1 Å². The van der Waals surface area contributed by atoms with Gasteiger partial charge in [0.2, 0.25) is 5.91 Å². The average Bonchev–Trinajstić information content (AvgIpc) is 3.31. The first-order valence-electron chi connectivity index (χ1n) is 11.7. The van der Waals surface area contributed by atoms with Crippen molar-refractivity contribution in [3.8, 4) is 0 Å². The summed E-state index contributed by atoms with van der Waals surface area (Å²) >= 11 is 1.66. The Hall–Kier alpha value is -3.53. The summed E-state index contributed by atoms with van der Waals surface area (Å²) in [6.45, 7) is 5.26. The molecule has 9 nitrogen and oxygen atoms in total. The highest BCUT2D eigenvalue weighted by Crippen LogP contribution is 2.25. The van der Waals surface area contributed by atoms with Crippen molar-refractivity contribution in [1.82, 2.24) is 14.4 Å². The largest absolute Gasteiger partial charge is 0.478 e. The quantitative estimate of drug-likeness (QED) is 0.460. The maximum atomic E-state index is 13.3. The van der Waals surface area contributed by atoms with E-state index in [4.69, 9.17) is 20.8 Å². The molecule has 0 unspecified atom stereocenters. The number of nitrogens with zero attached hydrogens (tertiary/aromatic N) is 4. The molecule has 10 heteroatoms. The summed E-state index contributed by atoms with van der Waals surface area (Å²) in [5.74, 6) is -0.861. The number of aryl methyl sites for hydroxylation is 2. The van der Waals surface area contributed by atoms with Crippen molar-refractivity contribution in [3.05, 3.63) is 62.0 Å². The van der Waals surface area contributed by atoms with E-state index in [2.05, 4.69) is 19.2 Å². The van der Waals surface area contributed by atoms with Gasteiger partial charge in [-0.25, -0.2) is 14.8 Å². The van der Waals surface area contributed by atoms with Gasteiger partial charge >= 0.3 is 5.97 Å². The molecule has 0 bridgehead atoms. The second kappa shape index (κ2) is 10.4. The molecule has 0 atom stereocenters. The predicted molar refractivity (Wildman–Crippen MR) is 136 cm³/mol. The summed E-state index contributed by atoms with van der Waals surface area (Å²) in [7, 11) is 0. The lowest BCUT2D eigenvalue weighted by atomic mass is 9.96. The number of amides is 1. The molecule has 35 heavy (non-hydrogen) atoms. The van der Waals surface area contributed by atoms with Gasteiger partial charge in [0.05, 0.1) is 16.3 Å². The number of piperidine rings is 1. The molecular formula is C25H29N5O4S. The summed E-state index contributed by atoms with van der Waals surface area (Å²) in [6.07, 6.45) is 6.60. The van der Waals surface area contributed by atoms with Crippen LogP contribution in [0.15, 0.2) is 34.6 Å². The lowest BCUT2D eigenvalue weighted by molar-refractivity contribution is -0.131. The van der Waals surface area contributed by atoms with Gasteiger partial charge in [-0.2, -0.15) is 0 Å². The molecule has 1 aliphatic heterocycles. The van der Waals surface area contributed by atoms with E-state index in [0.29, 0.717) is 43.3 Å². The van der Waals surface area contributed by atoms with Gasteiger partial charge in [-0.1, -0.05) is 13.8 Å². The lowest BCUT2D eigenvalue weighted by Gasteiger charge is -2.32. The van der Waals surface area contributed by atoms with Crippen molar-refractivity contribution in [2.45, 2.75) is 45.4 Å². The van der Waals surface area contributed by atoms with Crippen LogP contribution in [0.2, 0.25) is 0 Å². The number of anilines is 1. The Balaban J connectivity index is 1.66. The maximum Gasteiger partial charge on any atom is 0.328 e. The van der Waals surface area contributed by atoms with Crippen LogP contribution in [-0.4, -0.2) is 44.4 Å². The molecule has 1 fully saturated rings. The van der Waals surface area contributed by atoms with Crippen molar-refractivity contribution in [1.29, 1.82) is 0 Å². The van der Waals surface area contributed by atoms with Crippen LogP contribution in [0.3, 0.4) is 0 Å². The average molecular weight is 496 g/mol. The van der Waals surface area contributed by atoms with E-state index in [-0.39, 0.29) is 22.9 Å². The van der Waals surface area contributed by atoms with Crippen LogP contribution in [-0.2, 0) is 22.4 Å². The molecule has 0 saturated carbocycles. The summed E-state index contributed by atoms with van der Waals surface area (Å²) in [6, 6.07) is 3.78. The van der Waals surface area contributed by atoms with Crippen molar-refractivity contribution < 1.29 is 14.7 Å². The summed E-state index contributed by atoms with van der Waals surface area (Å²) in [5, 5.41) is 12.3. The van der Waals surface area contributed by atoms with Gasteiger partial charge < -0.3 is 15.7 Å². The molecule has 4 heterocycles. The molecule has 0 spiro atoms. The number of aliphatic carboxylic acids is 1. The van der Waals surface area contributed by atoms with Crippen molar-refractivity contribution in [2.24, 2.45) is 11.7 Å². The zero-order valence-corrected chi connectivity index (χ0v) is 20.6. The van der Waals surface area contributed by atoms with E-state index in [9.17, 15) is 14.4 Å². The first-order valence-corrected chi connectivity index (χ1v) is 12.6. The SMILES string of the molecule is CC(C)c1csc(CCc2ccn3c(=O)c(/C=C/C(=O)O)c(N4CCC(C(N)=O)CC4)nc3c2)n1. The molecular weight excluding hydrogens is 466 g/mol. The van der Waals surface area contributed by atoms with E-state index in [0.717, 1.165) is 35.2 Å². The summed E-state index contributed by atoms with van der Waals surface area (Å²) in [4.78, 5) is 47.4. The van der Waals surface area contributed by atoms with Gasteiger partial charge in [-0.15, -0.1) is 11.3 Å². The number of rotatable bonds is 8. The topological polar surface area (TPSA) is 131 Å². The highest BCUT2D eigenvalue weighted by Gasteiger charge is 2.26. The number of carbonyl (C=O) groups excluding carboxylic acids is 1. The number of hydrogen-bond acceptors (Lipinski definition) is 7. The van der Waals surface area contributed by atoms with Crippen molar-refractivity contribution in [3.63, 3.8) is 0 Å². The number of pyridine rings is 1. The molecule has 1 amide bonds. The Labute approximate surface area is 206 Å². The Kier molecular flexibility index (Phi) is 7.30. The summed E-state index contributed by atoms with van der Waals surface area (Å²) in [5.41, 5.74) is 7.95. The number of thiazole rings is 1. The molecule has 4 rings (SSSR count). The van der Waals surface area contributed by atoms with Crippen LogP contribution in [0.4, 0.5) is 5.82 Å². The third-order valence-electron chi connectivity index (χ3n) is 6.29. The van der Waals surface area contributed by atoms with Crippen LogP contribution in [0.5, 0.6) is 0 Å². The highest BCUT2D eigenvalue weighted by molar-refractivity contribution is 7.09. The second-order valence-electron chi connectivity index (χ2n) is 9.07. The van der Waals surface area contributed by atoms with E-state index in [1.165, 1.54) is 10.5 Å². The predicted octanol–water partition coefficient (Wildman–Crippen LogP) is 2.86. The zero-order valence-electron chi connectivity index (χ0n) is 19.8. The zero-order chi connectivity index (χ0) is 25.1. The van der Waals surface area contributed by atoms with Crippen LogP contribution < -0.4 is 16.2 Å². The van der Waals surface area contributed by atoms with Gasteiger partial charge in [0.1, 0.15) is 11.5 Å². The number of aromatic nitrogens is 3. The molecule has 3 aromatic rings. The van der Waals surface area contributed by atoms with Crippen LogP contribution in [0.25, 0.3) is 11.7 Å². The number of primary amides is 1. The number of nitrogens with two attached hydrogens (primary N) is 1. The van der Waals surface area contributed by atoms with Crippen LogP contribution in [0.1, 0.15) is 54.4 Å². The van der Waals surface area contributed by atoms with Crippen LogP contribution >= 0.6 is 11.3 Å². The summed E-state index contributed by atoms with van der Waals surface area (Å²) < 4.78 is 1.44. The smallest absolute Gasteiger partial charge is 0.328 e. The highest BCUT2D eigenvalue weighted by atomic mass is 32.1. The first kappa shape index (κ1) is 24.6. The van der Waals surface area contributed by atoms with Crippen molar-refractivity contribution in [2.75, 3.05) is 18.0 Å². The normalized spacial score (nSPS) is 14.9. The Morgan fingerprint density at radius 3 is 2.63 bits per heavy atom. The van der Waals surface area contributed by atoms with Gasteiger partial charge in [-0.05, 0) is 49.0 Å². The minimum absolute atomic E-state index is 0.208. The minimum atomic E-state index is -1.15. The number of carboxylic acid groups (broad SMARTS) is 1. The number of hydrogen-bond donors (Lipinski definition) is 2. The number of carboxylic acids is 1. The molecule has 1 aliphatic rings. The Bertz CT molecular complexity index is 1340. The molecule has 1 saturated heterocycles. The molecule has 3 aromatic heterocycles. The van der Waals surface area contributed by atoms with Gasteiger partial charge in [0.15, 0.2) is 0 Å². The fraction of sp³-hybridized carbons (Fsp3) is 0.400. The molecule has 0 radical (unpaired) electrons. The van der Waals surface area contributed by atoms with Crippen LogP contribution in [0, 0.1) is 5.92 Å². The third kappa shape index (κ3) is 5.59. The Morgan fingerprint density at radius 2 is 2.00 bits per heavy atom. The van der Waals surface area contributed by atoms with E-state index in [1.807, 2.05) is 17.0 Å². The molecule has 0 aromatic carbocycles. The maximum absolute atomic E-state index is 13.3. The molecule has 184 valence electrons. The molecule has 3 N–H and O–H groups in total. The number of fused-ring (bicyclic) bond motifs is 1. The fourth-order valence-corrected chi connectivity index (χ4v) is 5.17. The fourth-order valence-electron chi connectivity index (χ4n) is 4.21. The lowest BCUT2D eigenvalue weighted by Crippen LogP contribution is -2.40. The molecule has 0 aliphatic carbocycles. The monoisotopic (exact) mass is 495 g/mol. The Morgan fingerprint density at radius 1 is 1.26 bits per heavy atom. The van der Waals surface area contributed by atoms with E-state index < -0.39 is 5.97 Å². The second-order valence-corrected chi connectivity index (χ2v) is 10.0. The number of carbonyl (C=O) groups is 2. The minimum Gasteiger partial charge on any atom is -0.478 e. The third-order valence-corrected chi connectivity index (χ3v) is 7.21. The van der Waals surface area contributed by atoms with E-state index in [1.54, 1.807) is 17.5 Å². The first-order chi connectivity index (χ1) is 16.7. The van der Waals surface area contributed by atoms with Gasteiger partial charge in [-0.3, -0.25) is 14.0 Å². The van der Waals surface area contributed by atoms with Gasteiger partial charge in [0.25, 0.3) is 5.56 Å². The standard InChI is InChI=1S/C25H29N5O4S/c1-15(2)19-14-35-21(27-19)5-3-16-7-12-30-20(13-16)28-24(18(25(30)34)4-6-22(31)32)29-10-8-17(9-11-29)23(26)33/h4,6-7,12-15,17H,3,5,8-11H2,1-2H3,(H2,26,33)(H,31,32)/b6-4+. The van der Waals surface area contributed by atoms with Crippen molar-refractivity contribution >= 4 is 40.8 Å².